The molecule has 132 valence electrons. The van der Waals surface area contributed by atoms with Crippen LogP contribution < -0.4 is 10.1 Å². The molecular formula is C17H14ClF2NO4. The van der Waals surface area contributed by atoms with Crippen molar-refractivity contribution < 1.29 is 27.8 Å². The van der Waals surface area contributed by atoms with Crippen molar-refractivity contribution in [2.45, 2.75) is 13.0 Å². The van der Waals surface area contributed by atoms with E-state index in [1.807, 2.05) is 0 Å². The fourth-order valence-electron chi connectivity index (χ4n) is 2.03. The molecule has 0 aromatic heterocycles. The van der Waals surface area contributed by atoms with Gasteiger partial charge in [-0.15, -0.1) is 0 Å². The van der Waals surface area contributed by atoms with Crippen molar-refractivity contribution in [2.24, 2.45) is 0 Å². The van der Waals surface area contributed by atoms with Gasteiger partial charge in [-0.3, -0.25) is 4.79 Å². The molecule has 1 N–H and O–H groups in total. The summed E-state index contributed by atoms with van der Waals surface area (Å²) in [6.07, 6.45) is -0.00621. The zero-order valence-corrected chi connectivity index (χ0v) is 13.8. The van der Waals surface area contributed by atoms with Gasteiger partial charge in [-0.05, 0) is 35.9 Å². The summed E-state index contributed by atoms with van der Waals surface area (Å²) in [4.78, 5) is 23.6. The smallest absolute Gasteiger partial charge is 0.387 e. The quantitative estimate of drug-likeness (QED) is 0.784. The van der Waals surface area contributed by atoms with Crippen LogP contribution in [0.1, 0.15) is 15.9 Å². The molecule has 5 nitrogen and oxygen atoms in total. The summed E-state index contributed by atoms with van der Waals surface area (Å²) in [5.74, 6) is -0.929. The lowest BCUT2D eigenvalue weighted by Crippen LogP contribution is -2.15. The Labute approximate surface area is 147 Å². The number of ether oxygens (including phenoxy) is 2. The number of anilines is 1. The SMILES string of the molecule is COC(=O)c1ccc(Cl)c(NC(=O)Cc2ccc(OC(F)F)cc2)c1. The molecule has 2 aromatic carbocycles. The fraction of sp³-hybridized carbons (Fsp3) is 0.176. The third kappa shape index (κ3) is 5.42. The molecule has 8 heteroatoms. The van der Waals surface area contributed by atoms with Gasteiger partial charge in [0.15, 0.2) is 0 Å². The van der Waals surface area contributed by atoms with Crippen LogP contribution in [0.5, 0.6) is 5.75 Å². The highest BCUT2D eigenvalue weighted by Crippen LogP contribution is 2.24. The summed E-state index contributed by atoms with van der Waals surface area (Å²) in [7, 11) is 1.25. The van der Waals surface area contributed by atoms with Crippen LogP contribution in [-0.4, -0.2) is 25.6 Å². The summed E-state index contributed by atoms with van der Waals surface area (Å²) in [6, 6.07) is 10.1. The average Bonchev–Trinajstić information content (AvgIpc) is 2.57. The van der Waals surface area contributed by atoms with E-state index in [4.69, 9.17) is 11.6 Å². The lowest BCUT2D eigenvalue weighted by Gasteiger charge is -2.09. The normalized spacial score (nSPS) is 10.4. The summed E-state index contributed by atoms with van der Waals surface area (Å²) < 4.78 is 33.0. The van der Waals surface area contributed by atoms with Gasteiger partial charge in [-0.25, -0.2) is 4.79 Å². The van der Waals surface area contributed by atoms with Gasteiger partial charge in [0.2, 0.25) is 5.91 Å². The molecule has 0 saturated carbocycles. The van der Waals surface area contributed by atoms with Gasteiger partial charge in [0.25, 0.3) is 0 Å². The van der Waals surface area contributed by atoms with Gasteiger partial charge in [-0.2, -0.15) is 8.78 Å². The molecule has 0 saturated heterocycles. The van der Waals surface area contributed by atoms with Gasteiger partial charge in [0, 0.05) is 0 Å². The van der Waals surface area contributed by atoms with E-state index in [0.29, 0.717) is 5.56 Å². The van der Waals surface area contributed by atoms with Crippen molar-refractivity contribution >= 4 is 29.2 Å². The number of esters is 1. The molecule has 0 aliphatic heterocycles. The molecule has 0 aliphatic rings. The van der Waals surface area contributed by atoms with E-state index in [9.17, 15) is 18.4 Å². The molecule has 2 rings (SSSR count). The fourth-order valence-corrected chi connectivity index (χ4v) is 2.20. The average molecular weight is 370 g/mol. The second-order valence-corrected chi connectivity index (χ2v) is 5.34. The van der Waals surface area contributed by atoms with Crippen molar-refractivity contribution in [3.8, 4) is 5.75 Å². The number of carbonyl (C=O) groups excluding carboxylic acids is 2. The molecule has 25 heavy (non-hydrogen) atoms. The highest BCUT2D eigenvalue weighted by Gasteiger charge is 2.12. The van der Waals surface area contributed by atoms with Crippen molar-refractivity contribution in [1.29, 1.82) is 0 Å². The third-order valence-corrected chi connectivity index (χ3v) is 3.50. The number of hydrogen-bond acceptors (Lipinski definition) is 4. The maximum absolute atomic E-state index is 12.1. The highest BCUT2D eigenvalue weighted by molar-refractivity contribution is 6.33. The van der Waals surface area contributed by atoms with Crippen molar-refractivity contribution in [2.75, 3.05) is 12.4 Å². The molecule has 0 aliphatic carbocycles. The van der Waals surface area contributed by atoms with Gasteiger partial charge >= 0.3 is 12.6 Å². The van der Waals surface area contributed by atoms with E-state index in [1.54, 1.807) is 0 Å². The van der Waals surface area contributed by atoms with E-state index in [2.05, 4.69) is 14.8 Å². The number of alkyl halides is 2. The molecule has 0 fully saturated rings. The number of benzene rings is 2. The van der Waals surface area contributed by atoms with Gasteiger partial charge in [0.1, 0.15) is 5.75 Å². The Hall–Kier alpha value is -2.67. The minimum Gasteiger partial charge on any atom is -0.465 e. The van der Waals surface area contributed by atoms with Gasteiger partial charge < -0.3 is 14.8 Å². The Kier molecular flexibility index (Phi) is 6.30. The van der Waals surface area contributed by atoms with Gasteiger partial charge in [-0.1, -0.05) is 23.7 Å². The van der Waals surface area contributed by atoms with Gasteiger partial charge in [0.05, 0.1) is 29.8 Å². The van der Waals surface area contributed by atoms with Crippen LogP contribution in [0.15, 0.2) is 42.5 Å². The second-order valence-electron chi connectivity index (χ2n) is 4.93. The number of nitrogens with one attached hydrogen (secondary N) is 1. The summed E-state index contributed by atoms with van der Waals surface area (Å²) >= 11 is 6.01. The standard InChI is InChI=1S/C17H14ClF2NO4/c1-24-16(23)11-4-7-13(18)14(9-11)21-15(22)8-10-2-5-12(6-3-10)25-17(19)20/h2-7,9,17H,8H2,1H3,(H,21,22). The Morgan fingerprint density at radius 1 is 1.16 bits per heavy atom. The van der Waals surface area contributed by atoms with Crippen LogP contribution in [0.25, 0.3) is 0 Å². The predicted molar refractivity (Wildman–Crippen MR) is 88.2 cm³/mol. The minimum atomic E-state index is -2.90. The van der Waals surface area contributed by atoms with Crippen molar-refractivity contribution in [3.63, 3.8) is 0 Å². The van der Waals surface area contributed by atoms with Crippen molar-refractivity contribution in [1.82, 2.24) is 0 Å². The van der Waals surface area contributed by atoms with Crippen molar-refractivity contribution in [3.05, 3.63) is 58.6 Å². The molecule has 0 radical (unpaired) electrons. The summed E-state index contributed by atoms with van der Waals surface area (Å²) in [5.41, 5.74) is 1.11. The first kappa shape index (κ1) is 18.7. The van der Waals surface area contributed by atoms with Crippen LogP contribution in [0.2, 0.25) is 5.02 Å². The van der Waals surface area contributed by atoms with E-state index in [0.717, 1.165) is 0 Å². The second kappa shape index (κ2) is 8.43. The van der Waals surface area contributed by atoms with E-state index in [1.165, 1.54) is 49.6 Å². The lowest BCUT2D eigenvalue weighted by molar-refractivity contribution is -0.115. The van der Waals surface area contributed by atoms with Crippen LogP contribution >= 0.6 is 11.6 Å². The first-order valence-corrected chi connectivity index (χ1v) is 7.48. The highest BCUT2D eigenvalue weighted by atomic mass is 35.5. The zero-order chi connectivity index (χ0) is 18.4. The molecule has 1 amide bonds. The summed E-state index contributed by atoms with van der Waals surface area (Å²) in [5, 5.41) is 2.86. The van der Waals surface area contributed by atoms with E-state index in [-0.39, 0.29) is 34.4 Å². The molecule has 0 bridgehead atoms. The van der Waals surface area contributed by atoms with Crippen LogP contribution in [0, 0.1) is 0 Å². The Morgan fingerprint density at radius 2 is 1.84 bits per heavy atom. The minimum absolute atomic E-state index is 0.00621. The largest absolute Gasteiger partial charge is 0.465 e. The molecular weight excluding hydrogens is 356 g/mol. The third-order valence-electron chi connectivity index (χ3n) is 3.17. The van der Waals surface area contributed by atoms with E-state index < -0.39 is 12.6 Å². The van der Waals surface area contributed by atoms with Crippen LogP contribution in [0.3, 0.4) is 0 Å². The van der Waals surface area contributed by atoms with Crippen LogP contribution in [-0.2, 0) is 16.0 Å². The van der Waals surface area contributed by atoms with E-state index >= 15 is 0 Å². The number of carbonyl (C=O) groups is 2. The number of rotatable bonds is 6. The Morgan fingerprint density at radius 3 is 2.44 bits per heavy atom. The molecule has 0 heterocycles. The Balaban J connectivity index is 2.03. The monoisotopic (exact) mass is 369 g/mol. The number of methoxy groups -OCH3 is 1. The molecule has 0 atom stereocenters. The van der Waals surface area contributed by atoms with Crippen LogP contribution in [0.4, 0.5) is 14.5 Å². The first-order chi connectivity index (χ1) is 11.9. The Bertz CT molecular complexity index is 766. The molecule has 0 spiro atoms. The molecule has 0 unspecified atom stereocenters. The zero-order valence-electron chi connectivity index (χ0n) is 13.1. The predicted octanol–water partition coefficient (Wildman–Crippen LogP) is 3.91. The molecule has 2 aromatic rings. The number of hydrogen-bond donors (Lipinski definition) is 1. The maximum atomic E-state index is 12.1. The maximum Gasteiger partial charge on any atom is 0.387 e. The first-order valence-electron chi connectivity index (χ1n) is 7.10. The summed E-state index contributed by atoms with van der Waals surface area (Å²) in [6.45, 7) is -2.90. The number of amides is 1. The topological polar surface area (TPSA) is 64.6 Å². The lowest BCUT2D eigenvalue weighted by atomic mass is 10.1. The number of halogens is 3.